The van der Waals surface area contributed by atoms with Gasteiger partial charge >= 0.3 is 13.6 Å². The topological polar surface area (TPSA) is 262 Å². The van der Waals surface area contributed by atoms with Crippen molar-refractivity contribution in [3.63, 3.8) is 0 Å². The number of rotatable bonds is 12. The molecule has 10 atom stereocenters. The second kappa shape index (κ2) is 17.2. The maximum atomic E-state index is 15.4. The Balaban J connectivity index is 0.000000237. The number of aliphatic hydroxyl groups excluding tert-OH is 3. The number of carbonyl (C=O) groups is 1. The maximum Gasteiger partial charge on any atom is 0.380 e. The number of imidazole rings is 2. The normalized spacial score (nSPS) is 26.1. The van der Waals surface area contributed by atoms with Gasteiger partial charge in [0.25, 0.3) is 0 Å². The molecule has 58 heavy (non-hydrogen) atoms. The standard InChI is InChI=1S/C25H31FN5O6P.C12H14FN5O2/c1-14(2)36-25(33)15(3)11-38(34,37-17-8-6-5-7-9-17)35-10-18-16(4)21(19(26)22(18)32)31-13-30-20-23(27)28-12-29-24(20)31;1-5-6(2-19)10(20)7(13)9(5)18-4-17-8-11(14)15-3-16-12(8)18/h5-9,12-15,18-19,21-22,32H,4,10-11H2,1-3H3,(H2,27,28,29);3-4,6-7,9-10,19-20H,1-2H2,(H2,14,15,16)/t15-,18-,19-,21+,22?,38?;6-,7-,9+,10?/m00/s1. The SMILES string of the molecule is C=C1[C@@H](n2cnc3c(N)ncnc32)[C@H](F)C(O)[C@H]1CO.C=C1[C@@H](n2cnc3c(N)ncnc32)[C@H](F)C(O)[C@H]1COP(=O)(C[C@H](C)C(=O)OC(C)C)Oc1ccccc1. The first kappa shape index (κ1) is 42.2. The summed E-state index contributed by atoms with van der Waals surface area (Å²) in [5.41, 5.74) is 13.6. The molecular weight excluding hydrogens is 781 g/mol. The molecule has 0 saturated heterocycles. The van der Waals surface area contributed by atoms with Crippen LogP contribution in [-0.2, 0) is 18.6 Å². The monoisotopic (exact) mass is 826 g/mol. The quantitative estimate of drug-likeness (QED) is 0.0684. The molecule has 4 aromatic heterocycles. The van der Waals surface area contributed by atoms with Gasteiger partial charge in [-0.1, -0.05) is 38.3 Å². The Kier molecular flexibility index (Phi) is 12.5. The minimum Gasteiger partial charge on any atom is -0.463 e. The predicted molar refractivity (Wildman–Crippen MR) is 208 cm³/mol. The van der Waals surface area contributed by atoms with Gasteiger partial charge in [-0.25, -0.2) is 43.2 Å². The van der Waals surface area contributed by atoms with E-state index < -0.39 is 68.0 Å². The molecule has 0 aliphatic heterocycles. The van der Waals surface area contributed by atoms with E-state index in [1.165, 1.54) is 34.4 Å². The van der Waals surface area contributed by atoms with Crippen molar-refractivity contribution < 1.29 is 47.2 Å². The molecule has 5 aromatic rings. The molecule has 0 bridgehead atoms. The number of alkyl halides is 2. The van der Waals surface area contributed by atoms with Gasteiger partial charge in [0.2, 0.25) is 0 Å². The lowest BCUT2D eigenvalue weighted by Gasteiger charge is -2.25. The third-order valence-corrected chi connectivity index (χ3v) is 12.1. The van der Waals surface area contributed by atoms with Crippen molar-refractivity contribution in [2.45, 2.75) is 63.5 Å². The van der Waals surface area contributed by atoms with Crippen molar-refractivity contribution in [3.05, 3.63) is 79.9 Å². The van der Waals surface area contributed by atoms with Crippen molar-refractivity contribution in [3.8, 4) is 5.75 Å². The van der Waals surface area contributed by atoms with Crippen molar-refractivity contribution in [1.29, 1.82) is 0 Å². The van der Waals surface area contributed by atoms with E-state index in [-0.39, 0.29) is 48.5 Å². The van der Waals surface area contributed by atoms with Crippen LogP contribution in [0, 0.1) is 17.8 Å². The molecule has 0 spiro atoms. The first-order chi connectivity index (χ1) is 27.6. The fraction of sp³-hybridized carbons (Fsp3) is 0.432. The Morgan fingerprint density at radius 1 is 0.845 bits per heavy atom. The van der Waals surface area contributed by atoms with Gasteiger partial charge in [-0.2, -0.15) is 0 Å². The number of ether oxygens (including phenoxy) is 1. The van der Waals surface area contributed by atoms with Crippen LogP contribution in [0.25, 0.3) is 22.3 Å². The number of nitrogens with zero attached hydrogens (tertiary/aromatic N) is 8. The Morgan fingerprint density at radius 2 is 1.34 bits per heavy atom. The van der Waals surface area contributed by atoms with Crippen LogP contribution in [0.5, 0.6) is 5.75 Å². The number of hydrogen-bond acceptors (Lipinski definition) is 16. The van der Waals surface area contributed by atoms with Crippen molar-refractivity contribution in [2.75, 3.05) is 30.8 Å². The van der Waals surface area contributed by atoms with Crippen LogP contribution in [-0.4, -0.2) is 110 Å². The number of benzene rings is 1. The van der Waals surface area contributed by atoms with E-state index in [2.05, 4.69) is 43.1 Å². The minimum atomic E-state index is -3.98. The molecule has 2 fully saturated rings. The number of nitrogens with two attached hydrogens (primary N) is 2. The van der Waals surface area contributed by atoms with Crippen LogP contribution < -0.4 is 16.0 Å². The molecule has 0 radical (unpaired) electrons. The van der Waals surface area contributed by atoms with E-state index in [4.69, 9.17) is 25.3 Å². The number of hydrogen-bond donors (Lipinski definition) is 5. The number of aliphatic hydroxyl groups is 3. The number of carbonyl (C=O) groups excluding carboxylic acids is 1. The van der Waals surface area contributed by atoms with E-state index >= 15 is 4.39 Å². The number of fused-ring (bicyclic) bond motifs is 2. The Bertz CT molecular complexity index is 2330. The van der Waals surface area contributed by atoms with E-state index in [9.17, 15) is 29.1 Å². The highest BCUT2D eigenvalue weighted by Gasteiger charge is 2.49. The first-order valence-corrected chi connectivity index (χ1v) is 20.0. The van der Waals surface area contributed by atoms with E-state index in [1.807, 2.05) is 0 Å². The smallest absolute Gasteiger partial charge is 0.380 e. The second-order valence-electron chi connectivity index (χ2n) is 14.4. The van der Waals surface area contributed by atoms with E-state index in [1.54, 1.807) is 51.1 Å². The summed E-state index contributed by atoms with van der Waals surface area (Å²) in [4.78, 5) is 36.5. The van der Waals surface area contributed by atoms with Crippen LogP contribution in [0.4, 0.5) is 20.4 Å². The van der Waals surface area contributed by atoms with Gasteiger partial charge in [0.1, 0.15) is 29.4 Å². The molecule has 2 aliphatic rings. The summed E-state index contributed by atoms with van der Waals surface area (Å²) in [5.74, 6) is -2.39. The molecule has 7 rings (SSSR count). The summed E-state index contributed by atoms with van der Waals surface area (Å²) < 4.78 is 63.2. The number of halogens is 2. The first-order valence-electron chi connectivity index (χ1n) is 18.2. The highest BCUT2D eigenvalue weighted by molar-refractivity contribution is 7.54. The van der Waals surface area contributed by atoms with Crippen molar-refractivity contribution >= 4 is 47.5 Å². The molecule has 310 valence electrons. The van der Waals surface area contributed by atoms with Gasteiger partial charge in [0.15, 0.2) is 35.3 Å². The van der Waals surface area contributed by atoms with Crippen LogP contribution in [0.2, 0.25) is 0 Å². The van der Waals surface area contributed by atoms with Crippen molar-refractivity contribution in [1.82, 2.24) is 39.0 Å². The van der Waals surface area contributed by atoms with E-state index in [0.29, 0.717) is 27.8 Å². The molecule has 18 nitrogen and oxygen atoms in total. The Labute approximate surface area is 331 Å². The Morgan fingerprint density at radius 3 is 1.83 bits per heavy atom. The van der Waals surface area contributed by atoms with Crippen molar-refractivity contribution in [2.24, 2.45) is 17.8 Å². The number of esters is 1. The minimum absolute atomic E-state index is 0.136. The number of aromatic nitrogens is 8. The zero-order chi connectivity index (χ0) is 42.1. The number of para-hydroxylation sites is 1. The number of anilines is 2. The molecule has 2 saturated carbocycles. The largest absolute Gasteiger partial charge is 0.463 e. The molecule has 3 unspecified atom stereocenters. The predicted octanol–water partition coefficient (Wildman–Crippen LogP) is 3.54. The summed E-state index contributed by atoms with van der Waals surface area (Å²) in [7, 11) is -3.98. The molecule has 21 heteroatoms. The zero-order valence-electron chi connectivity index (χ0n) is 31.8. The van der Waals surface area contributed by atoms with Gasteiger partial charge in [0.05, 0.1) is 68.3 Å². The Hall–Kier alpha value is -5.40. The molecule has 1 aromatic carbocycles. The van der Waals surface area contributed by atoms with Crippen LogP contribution in [0.15, 0.2) is 79.9 Å². The summed E-state index contributed by atoms with van der Waals surface area (Å²) in [5, 5.41) is 29.8. The molecule has 2 aliphatic carbocycles. The van der Waals surface area contributed by atoms with Crippen LogP contribution in [0.3, 0.4) is 0 Å². The lowest BCUT2D eigenvalue weighted by Crippen LogP contribution is -2.28. The van der Waals surface area contributed by atoms with Gasteiger partial charge in [-0.05, 0) is 37.1 Å². The fourth-order valence-corrected chi connectivity index (χ4v) is 8.94. The zero-order valence-corrected chi connectivity index (χ0v) is 32.7. The van der Waals surface area contributed by atoms with Crippen LogP contribution in [0.1, 0.15) is 32.9 Å². The number of nitrogen functional groups attached to an aromatic ring is 2. The summed E-state index contributed by atoms with van der Waals surface area (Å²) >= 11 is 0. The molecule has 4 heterocycles. The third-order valence-electron chi connectivity index (χ3n) is 10.1. The second-order valence-corrected chi connectivity index (χ2v) is 16.4. The maximum absolute atomic E-state index is 15.4. The molecule has 0 amide bonds. The van der Waals surface area contributed by atoms with Gasteiger partial charge in [0, 0.05) is 11.8 Å². The molecule has 7 N–H and O–H groups in total. The highest BCUT2D eigenvalue weighted by atomic mass is 31.2. The summed E-state index contributed by atoms with van der Waals surface area (Å²) in [6.07, 6.45) is -1.56. The van der Waals surface area contributed by atoms with Gasteiger partial charge in [-0.3, -0.25) is 9.32 Å². The van der Waals surface area contributed by atoms with E-state index in [0.717, 1.165) is 0 Å². The van der Waals surface area contributed by atoms with Gasteiger partial charge in [-0.15, -0.1) is 0 Å². The average molecular weight is 827 g/mol. The van der Waals surface area contributed by atoms with Crippen LogP contribution >= 0.6 is 7.60 Å². The lowest BCUT2D eigenvalue weighted by molar-refractivity contribution is -0.151. The van der Waals surface area contributed by atoms with Gasteiger partial charge < -0.3 is 45.2 Å². The lowest BCUT2D eigenvalue weighted by atomic mass is 10.0. The third kappa shape index (κ3) is 8.28. The summed E-state index contributed by atoms with van der Waals surface area (Å²) in [6, 6.07) is 6.50. The summed E-state index contributed by atoms with van der Waals surface area (Å²) in [6.45, 7) is 12.0. The highest BCUT2D eigenvalue weighted by Crippen LogP contribution is 2.52. The fourth-order valence-electron chi connectivity index (χ4n) is 7.06. The average Bonchev–Trinajstić information content (AvgIpc) is 3.91. The molecular formula is C37H45F2N10O8P.